The second kappa shape index (κ2) is 5.48. The first-order valence-electron chi connectivity index (χ1n) is 7.34. The SMILES string of the molecule is COc1ccc(C2(O)CCC3(CC2)OCCO3)c(OC)c1. The molecule has 21 heavy (non-hydrogen) atoms. The Morgan fingerprint density at radius 1 is 1.00 bits per heavy atom. The largest absolute Gasteiger partial charge is 0.497 e. The van der Waals surface area contributed by atoms with Gasteiger partial charge in [-0.05, 0) is 25.0 Å². The van der Waals surface area contributed by atoms with Crippen LogP contribution in [0.3, 0.4) is 0 Å². The lowest BCUT2D eigenvalue weighted by Crippen LogP contribution is -2.42. The second-order valence-electron chi connectivity index (χ2n) is 5.71. The molecular formula is C16H22O5. The zero-order chi connectivity index (χ0) is 14.9. The van der Waals surface area contributed by atoms with E-state index < -0.39 is 11.4 Å². The Kier molecular flexibility index (Phi) is 3.82. The Labute approximate surface area is 124 Å². The molecule has 1 aliphatic heterocycles. The molecule has 0 bridgehead atoms. The van der Waals surface area contributed by atoms with E-state index in [4.69, 9.17) is 18.9 Å². The van der Waals surface area contributed by atoms with Crippen molar-refractivity contribution in [2.24, 2.45) is 0 Å². The Hall–Kier alpha value is -1.30. The van der Waals surface area contributed by atoms with Gasteiger partial charge in [0.1, 0.15) is 11.5 Å². The summed E-state index contributed by atoms with van der Waals surface area (Å²) in [5.74, 6) is 0.890. The van der Waals surface area contributed by atoms with Crippen molar-refractivity contribution in [1.82, 2.24) is 0 Å². The van der Waals surface area contributed by atoms with Gasteiger partial charge in [-0.3, -0.25) is 0 Å². The molecule has 1 aromatic carbocycles. The minimum absolute atomic E-state index is 0.480. The fourth-order valence-electron chi connectivity index (χ4n) is 3.28. The molecule has 0 radical (unpaired) electrons. The summed E-state index contributed by atoms with van der Waals surface area (Å²) in [5, 5.41) is 11.0. The molecule has 3 rings (SSSR count). The molecule has 2 fully saturated rings. The molecule has 0 aromatic heterocycles. The topological polar surface area (TPSA) is 57.2 Å². The smallest absolute Gasteiger partial charge is 0.168 e. The van der Waals surface area contributed by atoms with Gasteiger partial charge in [0, 0.05) is 24.5 Å². The summed E-state index contributed by atoms with van der Waals surface area (Å²) >= 11 is 0. The lowest BCUT2D eigenvalue weighted by Gasteiger charge is -2.41. The van der Waals surface area contributed by atoms with Crippen molar-refractivity contribution < 1.29 is 24.1 Å². The molecule has 1 aliphatic carbocycles. The minimum atomic E-state index is -0.905. The van der Waals surface area contributed by atoms with Crippen LogP contribution in [0.1, 0.15) is 31.2 Å². The third-order valence-electron chi connectivity index (χ3n) is 4.56. The van der Waals surface area contributed by atoms with E-state index in [1.54, 1.807) is 20.3 Å². The molecule has 1 saturated carbocycles. The molecule has 0 atom stereocenters. The third-order valence-corrected chi connectivity index (χ3v) is 4.56. The Morgan fingerprint density at radius 3 is 2.24 bits per heavy atom. The molecule has 5 nitrogen and oxygen atoms in total. The average molecular weight is 294 g/mol. The van der Waals surface area contributed by atoms with Crippen LogP contribution in [-0.2, 0) is 15.1 Å². The molecule has 0 unspecified atom stereocenters. The maximum atomic E-state index is 11.0. The summed E-state index contributed by atoms with van der Waals surface area (Å²) in [4.78, 5) is 0. The maximum absolute atomic E-state index is 11.0. The van der Waals surface area contributed by atoms with E-state index in [2.05, 4.69) is 0 Å². The van der Waals surface area contributed by atoms with Gasteiger partial charge >= 0.3 is 0 Å². The Balaban J connectivity index is 1.83. The number of hydrogen-bond donors (Lipinski definition) is 1. The van der Waals surface area contributed by atoms with E-state index in [1.807, 2.05) is 12.1 Å². The highest BCUT2D eigenvalue weighted by molar-refractivity contribution is 5.44. The maximum Gasteiger partial charge on any atom is 0.168 e. The zero-order valence-corrected chi connectivity index (χ0v) is 12.6. The quantitative estimate of drug-likeness (QED) is 0.926. The first-order valence-corrected chi connectivity index (χ1v) is 7.34. The van der Waals surface area contributed by atoms with E-state index in [0.29, 0.717) is 50.4 Å². The standard InChI is InChI=1S/C16H22O5/c1-18-12-3-4-13(14(11-12)19-2)15(17)5-7-16(8-6-15)20-9-10-21-16/h3-4,11,17H,5-10H2,1-2H3. The molecule has 5 heteroatoms. The van der Waals surface area contributed by atoms with Gasteiger partial charge in [0.2, 0.25) is 0 Å². The van der Waals surface area contributed by atoms with Crippen molar-refractivity contribution in [3.63, 3.8) is 0 Å². The normalized spacial score (nSPS) is 23.2. The van der Waals surface area contributed by atoms with E-state index >= 15 is 0 Å². The Bertz CT molecular complexity index is 497. The summed E-state index contributed by atoms with van der Waals surface area (Å²) in [6.45, 7) is 1.29. The number of hydrogen-bond acceptors (Lipinski definition) is 5. The molecule has 116 valence electrons. The first-order chi connectivity index (χ1) is 10.1. The van der Waals surface area contributed by atoms with Crippen LogP contribution < -0.4 is 9.47 Å². The predicted molar refractivity (Wildman–Crippen MR) is 76.5 cm³/mol. The second-order valence-corrected chi connectivity index (χ2v) is 5.71. The van der Waals surface area contributed by atoms with Crippen molar-refractivity contribution in [2.45, 2.75) is 37.1 Å². The van der Waals surface area contributed by atoms with Crippen molar-refractivity contribution in [1.29, 1.82) is 0 Å². The van der Waals surface area contributed by atoms with Crippen molar-refractivity contribution in [3.8, 4) is 11.5 Å². The van der Waals surface area contributed by atoms with Crippen molar-refractivity contribution in [2.75, 3.05) is 27.4 Å². The van der Waals surface area contributed by atoms with Gasteiger partial charge in [-0.2, -0.15) is 0 Å². The minimum Gasteiger partial charge on any atom is -0.497 e. The monoisotopic (exact) mass is 294 g/mol. The molecule has 1 saturated heterocycles. The van der Waals surface area contributed by atoms with Gasteiger partial charge in [0.05, 0.1) is 33.0 Å². The first kappa shape index (κ1) is 14.6. The van der Waals surface area contributed by atoms with Crippen LogP contribution in [0.2, 0.25) is 0 Å². The molecule has 1 aromatic rings. The van der Waals surface area contributed by atoms with Crippen LogP contribution >= 0.6 is 0 Å². The molecule has 1 heterocycles. The third kappa shape index (κ3) is 2.61. The van der Waals surface area contributed by atoms with Gasteiger partial charge in [0.25, 0.3) is 0 Å². The van der Waals surface area contributed by atoms with E-state index in [9.17, 15) is 5.11 Å². The summed E-state index contributed by atoms with van der Waals surface area (Å²) in [7, 11) is 3.22. The molecule has 1 N–H and O–H groups in total. The van der Waals surface area contributed by atoms with Crippen molar-refractivity contribution >= 4 is 0 Å². The number of methoxy groups -OCH3 is 2. The van der Waals surface area contributed by atoms with Gasteiger partial charge in [0.15, 0.2) is 5.79 Å². The highest BCUT2D eigenvalue weighted by Crippen LogP contribution is 2.47. The molecule has 1 spiro atoms. The summed E-state index contributed by atoms with van der Waals surface area (Å²) in [6.07, 6.45) is 2.57. The van der Waals surface area contributed by atoms with Crippen LogP contribution in [0.25, 0.3) is 0 Å². The van der Waals surface area contributed by atoms with Gasteiger partial charge in [-0.25, -0.2) is 0 Å². The van der Waals surface area contributed by atoms with Crippen molar-refractivity contribution in [3.05, 3.63) is 23.8 Å². The molecular weight excluding hydrogens is 272 g/mol. The fourth-order valence-corrected chi connectivity index (χ4v) is 3.28. The van der Waals surface area contributed by atoms with Gasteiger partial charge < -0.3 is 24.1 Å². The Morgan fingerprint density at radius 2 is 1.67 bits per heavy atom. The van der Waals surface area contributed by atoms with E-state index in [0.717, 1.165) is 5.56 Å². The predicted octanol–water partition coefficient (Wildman–Crippen LogP) is 2.21. The number of rotatable bonds is 3. The lowest BCUT2D eigenvalue weighted by molar-refractivity contribution is -0.204. The van der Waals surface area contributed by atoms with E-state index in [1.165, 1.54) is 0 Å². The molecule has 2 aliphatic rings. The van der Waals surface area contributed by atoms with E-state index in [-0.39, 0.29) is 0 Å². The molecule has 0 amide bonds. The number of aliphatic hydroxyl groups is 1. The highest BCUT2D eigenvalue weighted by atomic mass is 16.7. The number of benzene rings is 1. The summed E-state index contributed by atoms with van der Waals surface area (Å²) in [5.41, 5.74) is -0.100. The van der Waals surface area contributed by atoms with Crippen LogP contribution in [0, 0.1) is 0 Å². The highest BCUT2D eigenvalue weighted by Gasteiger charge is 2.47. The lowest BCUT2D eigenvalue weighted by atomic mass is 9.76. The number of ether oxygens (including phenoxy) is 4. The van der Waals surface area contributed by atoms with Gasteiger partial charge in [-0.15, -0.1) is 0 Å². The summed E-state index contributed by atoms with van der Waals surface area (Å²) < 4.78 is 22.1. The van der Waals surface area contributed by atoms with Crippen LogP contribution in [-0.4, -0.2) is 38.3 Å². The summed E-state index contributed by atoms with van der Waals surface area (Å²) in [6, 6.07) is 5.54. The van der Waals surface area contributed by atoms with Crippen LogP contribution in [0.4, 0.5) is 0 Å². The van der Waals surface area contributed by atoms with Gasteiger partial charge in [-0.1, -0.05) is 0 Å². The zero-order valence-electron chi connectivity index (χ0n) is 12.6. The van der Waals surface area contributed by atoms with Crippen LogP contribution in [0.5, 0.6) is 11.5 Å². The fraction of sp³-hybridized carbons (Fsp3) is 0.625. The van der Waals surface area contributed by atoms with Crippen LogP contribution in [0.15, 0.2) is 18.2 Å². The average Bonchev–Trinajstić information content (AvgIpc) is 2.99.